The largest absolute Gasteiger partial charge is 0.418 e. The Hall–Kier alpha value is -1.92. The average molecular weight is 378 g/mol. The molecule has 2 aliphatic heterocycles. The van der Waals surface area contributed by atoms with Crippen LogP contribution in [0, 0.1) is 5.92 Å². The predicted molar refractivity (Wildman–Crippen MR) is 83.8 cm³/mol. The van der Waals surface area contributed by atoms with Gasteiger partial charge in [-0.2, -0.15) is 13.5 Å². The van der Waals surface area contributed by atoms with Crippen molar-refractivity contribution in [1.29, 1.82) is 0 Å². The van der Waals surface area contributed by atoms with Crippen LogP contribution in [0.15, 0.2) is 0 Å². The molecule has 2 heterocycles. The molecule has 0 spiro atoms. The number of rotatable bonds is 5. The maximum atomic E-state index is 12.4. The zero-order chi connectivity index (χ0) is 18.9. The molecule has 2 aliphatic rings. The van der Waals surface area contributed by atoms with Gasteiger partial charge in [0.15, 0.2) is 0 Å². The lowest BCUT2D eigenvalue weighted by atomic mass is 10.0. The molecule has 3 atom stereocenters. The molecule has 142 valence electrons. The van der Waals surface area contributed by atoms with Crippen molar-refractivity contribution in [3.8, 4) is 0 Å². The number of urea groups is 1. The molecule has 2 bridgehead atoms. The van der Waals surface area contributed by atoms with Crippen molar-refractivity contribution >= 4 is 28.2 Å². The number of hydrazine groups is 1. The summed E-state index contributed by atoms with van der Waals surface area (Å²) in [5.74, 6) is -1.05. The SMILES string of the molecule is CCC(C)C(=O)N(C)NC(=O)[C@@H]1CC[C@@H]2CN1C(=O)N2OS(=O)(=O)O. The highest BCUT2D eigenvalue weighted by Gasteiger charge is 2.49. The second-order valence-corrected chi connectivity index (χ2v) is 7.20. The number of carbonyl (C=O) groups is 3. The minimum absolute atomic E-state index is 0.0927. The van der Waals surface area contributed by atoms with Crippen molar-refractivity contribution in [3.05, 3.63) is 0 Å². The number of hydrogen-bond donors (Lipinski definition) is 2. The van der Waals surface area contributed by atoms with Crippen molar-refractivity contribution in [1.82, 2.24) is 20.4 Å². The summed E-state index contributed by atoms with van der Waals surface area (Å²) < 4.78 is 34.7. The van der Waals surface area contributed by atoms with E-state index in [1.807, 2.05) is 6.92 Å². The Balaban J connectivity index is 2.04. The Bertz CT molecular complexity index is 667. The number of hydroxylamine groups is 2. The van der Waals surface area contributed by atoms with E-state index < -0.39 is 34.4 Å². The summed E-state index contributed by atoms with van der Waals surface area (Å²) in [4.78, 5) is 37.9. The third-order valence-electron chi connectivity index (χ3n) is 4.44. The first-order valence-electron chi connectivity index (χ1n) is 7.90. The van der Waals surface area contributed by atoms with Crippen LogP contribution in [0.4, 0.5) is 4.79 Å². The maximum Gasteiger partial charge on any atom is 0.418 e. The summed E-state index contributed by atoms with van der Waals surface area (Å²) in [6.07, 6.45) is 1.22. The average Bonchev–Trinajstić information content (AvgIpc) is 2.76. The highest BCUT2D eigenvalue weighted by molar-refractivity contribution is 7.80. The Morgan fingerprint density at radius 2 is 2.08 bits per heavy atom. The van der Waals surface area contributed by atoms with Crippen LogP contribution in [0.1, 0.15) is 33.1 Å². The molecule has 0 radical (unpaired) electrons. The normalized spacial score (nSPS) is 24.2. The topological polar surface area (TPSA) is 137 Å². The van der Waals surface area contributed by atoms with Crippen LogP contribution in [0.3, 0.4) is 0 Å². The molecule has 2 rings (SSSR count). The third-order valence-corrected chi connectivity index (χ3v) is 4.79. The van der Waals surface area contributed by atoms with Crippen LogP contribution in [-0.2, 0) is 24.3 Å². The van der Waals surface area contributed by atoms with E-state index in [4.69, 9.17) is 4.55 Å². The molecule has 0 aromatic carbocycles. The van der Waals surface area contributed by atoms with Gasteiger partial charge in [0.25, 0.3) is 5.91 Å². The monoisotopic (exact) mass is 378 g/mol. The molecular weight excluding hydrogens is 356 g/mol. The summed E-state index contributed by atoms with van der Waals surface area (Å²) >= 11 is 0. The van der Waals surface area contributed by atoms with Gasteiger partial charge >= 0.3 is 16.4 Å². The molecule has 12 heteroatoms. The van der Waals surface area contributed by atoms with Gasteiger partial charge in [0.2, 0.25) is 5.91 Å². The molecule has 1 unspecified atom stereocenters. The minimum Gasteiger partial charge on any atom is -0.309 e. The molecule has 11 nitrogen and oxygen atoms in total. The molecule has 0 aromatic heterocycles. The smallest absolute Gasteiger partial charge is 0.309 e. The van der Waals surface area contributed by atoms with Crippen LogP contribution in [-0.4, -0.2) is 71.5 Å². The lowest BCUT2D eigenvalue weighted by molar-refractivity contribution is -0.144. The highest BCUT2D eigenvalue weighted by Crippen LogP contribution is 2.30. The number of nitrogens with zero attached hydrogens (tertiary/aromatic N) is 3. The Morgan fingerprint density at radius 1 is 1.44 bits per heavy atom. The van der Waals surface area contributed by atoms with Crippen molar-refractivity contribution in [2.45, 2.75) is 45.2 Å². The van der Waals surface area contributed by atoms with Crippen LogP contribution >= 0.6 is 0 Å². The Labute approximate surface area is 145 Å². The molecule has 0 aromatic rings. The number of fused-ring (bicyclic) bond motifs is 2. The zero-order valence-corrected chi connectivity index (χ0v) is 15.0. The fourth-order valence-corrected chi connectivity index (χ4v) is 3.29. The van der Waals surface area contributed by atoms with Gasteiger partial charge in [0, 0.05) is 19.5 Å². The first kappa shape index (κ1) is 19.4. The van der Waals surface area contributed by atoms with Gasteiger partial charge in [-0.1, -0.05) is 13.8 Å². The van der Waals surface area contributed by atoms with Gasteiger partial charge in [-0.15, -0.1) is 4.28 Å². The van der Waals surface area contributed by atoms with Crippen molar-refractivity contribution in [3.63, 3.8) is 0 Å². The van der Waals surface area contributed by atoms with E-state index in [0.717, 1.165) is 9.91 Å². The van der Waals surface area contributed by atoms with Crippen molar-refractivity contribution < 1.29 is 31.6 Å². The summed E-state index contributed by atoms with van der Waals surface area (Å²) in [6, 6.07) is -2.25. The number of amides is 4. The van der Waals surface area contributed by atoms with E-state index in [1.54, 1.807) is 6.92 Å². The quantitative estimate of drug-likeness (QED) is 0.487. The number of hydrogen-bond acceptors (Lipinski definition) is 6. The van der Waals surface area contributed by atoms with Crippen molar-refractivity contribution in [2.24, 2.45) is 5.92 Å². The van der Waals surface area contributed by atoms with Crippen LogP contribution in [0.2, 0.25) is 0 Å². The molecule has 2 N–H and O–H groups in total. The van der Waals surface area contributed by atoms with E-state index in [9.17, 15) is 22.8 Å². The Morgan fingerprint density at radius 3 is 2.64 bits per heavy atom. The standard InChI is InChI=1S/C13H22N4O7S/c1-4-8(2)12(19)15(3)14-11(18)10-6-5-9-7-16(10)13(20)17(9)24-25(21,22)23/h8-10H,4-7H2,1-3H3,(H,14,18)(H,21,22,23)/t8?,9-,10+/m1/s1. The fraction of sp³-hybridized carbons (Fsp3) is 0.769. The lowest BCUT2D eigenvalue weighted by Gasteiger charge is -2.31. The minimum atomic E-state index is -4.83. The molecule has 4 amide bonds. The predicted octanol–water partition coefficient (Wildman–Crippen LogP) is -0.475. The second-order valence-electron chi connectivity index (χ2n) is 6.19. The summed E-state index contributed by atoms with van der Waals surface area (Å²) in [7, 11) is -3.41. The van der Waals surface area contributed by atoms with Gasteiger partial charge < -0.3 is 4.90 Å². The number of carbonyl (C=O) groups excluding carboxylic acids is 3. The third kappa shape index (κ3) is 4.19. The maximum absolute atomic E-state index is 12.4. The molecular formula is C13H22N4O7S. The molecule has 0 aliphatic carbocycles. The first-order valence-corrected chi connectivity index (χ1v) is 9.26. The summed E-state index contributed by atoms with van der Waals surface area (Å²) in [6.45, 7) is 3.69. The number of nitrogens with one attached hydrogen (secondary N) is 1. The first-order chi connectivity index (χ1) is 11.5. The number of piperidine rings is 1. The Kier molecular flexibility index (Phi) is 5.54. The van der Waals surface area contributed by atoms with Gasteiger partial charge in [-0.25, -0.2) is 4.79 Å². The van der Waals surface area contributed by atoms with Gasteiger partial charge in [-0.3, -0.25) is 24.6 Å². The highest BCUT2D eigenvalue weighted by atomic mass is 32.3. The molecule has 2 fully saturated rings. The van der Waals surface area contributed by atoms with Gasteiger partial charge in [0.05, 0.1) is 6.04 Å². The van der Waals surface area contributed by atoms with E-state index in [1.165, 1.54) is 7.05 Å². The fourth-order valence-electron chi connectivity index (χ4n) is 2.90. The second kappa shape index (κ2) is 7.14. The van der Waals surface area contributed by atoms with Crippen LogP contribution < -0.4 is 5.43 Å². The van der Waals surface area contributed by atoms with Crippen molar-refractivity contribution in [2.75, 3.05) is 13.6 Å². The van der Waals surface area contributed by atoms with E-state index >= 15 is 0 Å². The van der Waals surface area contributed by atoms with E-state index in [-0.39, 0.29) is 24.8 Å². The summed E-state index contributed by atoms with van der Waals surface area (Å²) in [5.41, 5.74) is 2.46. The zero-order valence-electron chi connectivity index (χ0n) is 14.2. The van der Waals surface area contributed by atoms with Crippen LogP contribution in [0.25, 0.3) is 0 Å². The molecule has 0 saturated carbocycles. The van der Waals surface area contributed by atoms with Crippen LogP contribution in [0.5, 0.6) is 0 Å². The summed E-state index contributed by atoms with van der Waals surface area (Å²) in [5, 5.41) is 1.66. The molecule has 2 saturated heterocycles. The molecule has 25 heavy (non-hydrogen) atoms. The van der Waals surface area contributed by atoms with E-state index in [2.05, 4.69) is 9.71 Å². The lowest BCUT2D eigenvalue weighted by Crippen LogP contribution is -2.55. The van der Waals surface area contributed by atoms with E-state index in [0.29, 0.717) is 17.9 Å². The van der Waals surface area contributed by atoms with Gasteiger partial charge in [0.1, 0.15) is 6.04 Å². The van der Waals surface area contributed by atoms with Gasteiger partial charge in [-0.05, 0) is 19.3 Å².